The van der Waals surface area contributed by atoms with Crippen molar-refractivity contribution in [1.29, 1.82) is 0 Å². The molecule has 1 unspecified atom stereocenters. The molecule has 0 saturated carbocycles. The Morgan fingerprint density at radius 3 is 0.884 bits per heavy atom. The summed E-state index contributed by atoms with van der Waals surface area (Å²) in [4.78, 5) is 24.5. The number of carbonyl (C=O) groups excluding carboxylic acids is 2. The minimum atomic E-state index is -0.777. The Bertz CT molecular complexity index is 1100. The van der Waals surface area contributed by atoms with E-state index in [9.17, 15) is 14.7 Å². The van der Waals surface area contributed by atoms with Gasteiger partial charge in [0.1, 0.15) is 6.61 Å². The third-order valence-electron chi connectivity index (χ3n) is 14.2. The summed E-state index contributed by atoms with van der Waals surface area (Å²) < 4.78 is 10.7. The van der Waals surface area contributed by atoms with Crippen LogP contribution in [-0.2, 0) is 19.1 Å². The summed E-state index contributed by atoms with van der Waals surface area (Å²) >= 11 is 0. The number of unbranched alkanes of at least 4 members (excludes halogenated alkanes) is 44. The fourth-order valence-corrected chi connectivity index (χ4v) is 9.47. The third-order valence-corrected chi connectivity index (χ3v) is 14.2. The normalized spacial score (nSPS) is 12.3. The maximum absolute atomic E-state index is 12.3. The maximum atomic E-state index is 12.3. The summed E-state index contributed by atoms with van der Waals surface area (Å²) in [6, 6.07) is 0. The van der Waals surface area contributed by atoms with Crippen molar-refractivity contribution in [2.24, 2.45) is 0 Å². The number of ether oxygens (including phenoxy) is 2. The zero-order chi connectivity index (χ0) is 49.9. The van der Waals surface area contributed by atoms with E-state index in [2.05, 4.69) is 50.3 Å². The van der Waals surface area contributed by atoms with Crippen molar-refractivity contribution < 1.29 is 24.2 Å². The van der Waals surface area contributed by atoms with Crippen molar-refractivity contribution in [3.05, 3.63) is 36.5 Å². The second kappa shape index (κ2) is 60.4. The molecule has 0 bridgehead atoms. The second-order valence-corrected chi connectivity index (χ2v) is 21.1. The molecular weight excluding hydrogens is 849 g/mol. The summed E-state index contributed by atoms with van der Waals surface area (Å²) in [6.45, 7) is 4.15. The standard InChI is InChI=1S/C64H120O5/c1-3-5-7-9-11-13-15-17-19-21-22-23-24-25-26-27-28-29-30-31-32-33-34-35-36-37-38-39-40-41-42-43-45-46-48-50-52-54-56-58-63(66)68-61-62(60-65)69-64(67)59-57-55-53-51-49-47-44-20-18-16-14-12-10-8-6-4-2/h14,16,20-22,44,62,65H,3-13,15,17-19,23-43,45-61H2,1-2H3/b16-14-,22-21-,44-20-. The Morgan fingerprint density at radius 1 is 0.333 bits per heavy atom. The van der Waals surface area contributed by atoms with Gasteiger partial charge in [0, 0.05) is 12.8 Å². The largest absolute Gasteiger partial charge is 0.462 e. The number of aliphatic hydroxyl groups is 1. The molecular formula is C64H120O5. The Hall–Kier alpha value is -1.88. The average molecular weight is 970 g/mol. The third kappa shape index (κ3) is 58.6. The second-order valence-electron chi connectivity index (χ2n) is 21.1. The molecule has 69 heavy (non-hydrogen) atoms. The molecule has 0 aliphatic heterocycles. The number of allylic oxidation sites excluding steroid dienone is 6. The van der Waals surface area contributed by atoms with Crippen LogP contribution in [0.4, 0.5) is 0 Å². The lowest BCUT2D eigenvalue weighted by Gasteiger charge is -2.15. The first kappa shape index (κ1) is 67.1. The number of hydrogen-bond donors (Lipinski definition) is 1. The Kier molecular flexibility index (Phi) is 58.8. The van der Waals surface area contributed by atoms with Crippen LogP contribution in [0.5, 0.6) is 0 Å². The molecule has 1 atom stereocenters. The maximum Gasteiger partial charge on any atom is 0.306 e. The van der Waals surface area contributed by atoms with Crippen LogP contribution in [0, 0.1) is 0 Å². The molecule has 5 nitrogen and oxygen atoms in total. The van der Waals surface area contributed by atoms with Crippen LogP contribution in [0.3, 0.4) is 0 Å². The SMILES string of the molecule is CCCCCC/C=C\C/C=C\CCCCCCCC(=O)OC(CO)COC(=O)CCCCCCCCCCCCCCCCCCCCCCCCCCCCC/C=C\CCCCCCCCCC. The summed E-state index contributed by atoms with van der Waals surface area (Å²) in [5.41, 5.74) is 0. The van der Waals surface area contributed by atoms with Gasteiger partial charge in [-0.3, -0.25) is 9.59 Å². The lowest BCUT2D eigenvalue weighted by Crippen LogP contribution is -2.28. The van der Waals surface area contributed by atoms with E-state index < -0.39 is 6.10 Å². The van der Waals surface area contributed by atoms with E-state index in [0.717, 1.165) is 51.4 Å². The first-order chi connectivity index (χ1) is 34.1. The van der Waals surface area contributed by atoms with Gasteiger partial charge < -0.3 is 14.6 Å². The minimum Gasteiger partial charge on any atom is -0.462 e. The Balaban J connectivity index is 3.36. The molecule has 1 N–H and O–H groups in total. The van der Waals surface area contributed by atoms with E-state index in [1.54, 1.807) is 0 Å². The van der Waals surface area contributed by atoms with Gasteiger partial charge in [-0.1, -0.05) is 294 Å². The molecule has 0 amide bonds. The van der Waals surface area contributed by atoms with E-state index in [0.29, 0.717) is 12.8 Å². The van der Waals surface area contributed by atoms with Crippen LogP contribution in [0.2, 0.25) is 0 Å². The number of hydrogen-bond acceptors (Lipinski definition) is 5. The topological polar surface area (TPSA) is 72.8 Å². The number of rotatable bonds is 58. The van der Waals surface area contributed by atoms with Crippen molar-refractivity contribution in [2.75, 3.05) is 13.2 Å². The zero-order valence-corrected chi connectivity index (χ0v) is 46.6. The lowest BCUT2D eigenvalue weighted by atomic mass is 10.0. The molecule has 0 heterocycles. The lowest BCUT2D eigenvalue weighted by molar-refractivity contribution is -0.161. The fourth-order valence-electron chi connectivity index (χ4n) is 9.47. The first-order valence-electron chi connectivity index (χ1n) is 31.0. The number of carbonyl (C=O) groups is 2. The molecule has 0 aromatic carbocycles. The summed E-state index contributed by atoms with van der Waals surface area (Å²) in [5, 5.41) is 9.64. The molecule has 0 aromatic heterocycles. The van der Waals surface area contributed by atoms with Crippen molar-refractivity contribution >= 4 is 11.9 Å². The van der Waals surface area contributed by atoms with Crippen molar-refractivity contribution in [1.82, 2.24) is 0 Å². The van der Waals surface area contributed by atoms with Crippen LogP contribution in [0.1, 0.15) is 341 Å². The van der Waals surface area contributed by atoms with Gasteiger partial charge in [0.05, 0.1) is 6.61 Å². The van der Waals surface area contributed by atoms with Gasteiger partial charge in [0.2, 0.25) is 0 Å². The molecule has 0 rings (SSSR count). The molecule has 0 aromatic rings. The van der Waals surface area contributed by atoms with Crippen LogP contribution < -0.4 is 0 Å². The molecule has 0 aliphatic carbocycles. The van der Waals surface area contributed by atoms with Gasteiger partial charge >= 0.3 is 11.9 Å². The van der Waals surface area contributed by atoms with Gasteiger partial charge in [0.25, 0.3) is 0 Å². The van der Waals surface area contributed by atoms with Crippen molar-refractivity contribution in [2.45, 2.75) is 347 Å². The van der Waals surface area contributed by atoms with Crippen molar-refractivity contribution in [3.63, 3.8) is 0 Å². The van der Waals surface area contributed by atoms with E-state index in [-0.39, 0.29) is 25.2 Å². The Morgan fingerprint density at radius 2 is 0.580 bits per heavy atom. The summed E-state index contributed by atoms with van der Waals surface area (Å²) in [5.74, 6) is -0.591. The highest BCUT2D eigenvalue weighted by Gasteiger charge is 2.16. The van der Waals surface area contributed by atoms with E-state index in [1.165, 1.54) is 263 Å². The van der Waals surface area contributed by atoms with Crippen LogP contribution in [0.15, 0.2) is 36.5 Å². The van der Waals surface area contributed by atoms with Crippen molar-refractivity contribution in [3.8, 4) is 0 Å². The highest BCUT2D eigenvalue weighted by molar-refractivity contribution is 5.70. The molecule has 0 spiro atoms. The monoisotopic (exact) mass is 969 g/mol. The molecule has 5 heteroatoms. The predicted octanol–water partition coefficient (Wildman–Crippen LogP) is 21.0. The molecule has 0 radical (unpaired) electrons. The summed E-state index contributed by atoms with van der Waals surface area (Å²) in [7, 11) is 0. The zero-order valence-electron chi connectivity index (χ0n) is 46.6. The average Bonchev–Trinajstić information content (AvgIpc) is 3.35. The van der Waals surface area contributed by atoms with Crippen LogP contribution >= 0.6 is 0 Å². The molecule has 406 valence electrons. The van der Waals surface area contributed by atoms with Gasteiger partial charge in [-0.05, 0) is 70.6 Å². The van der Waals surface area contributed by atoms with E-state index >= 15 is 0 Å². The van der Waals surface area contributed by atoms with Gasteiger partial charge in [-0.15, -0.1) is 0 Å². The van der Waals surface area contributed by atoms with E-state index in [4.69, 9.17) is 9.47 Å². The molecule has 0 fully saturated rings. The predicted molar refractivity (Wildman–Crippen MR) is 302 cm³/mol. The van der Waals surface area contributed by atoms with E-state index in [1.807, 2.05) is 0 Å². The Labute approximate surface area is 431 Å². The van der Waals surface area contributed by atoms with Crippen LogP contribution in [0.25, 0.3) is 0 Å². The van der Waals surface area contributed by atoms with Gasteiger partial charge in [0.15, 0.2) is 6.10 Å². The van der Waals surface area contributed by atoms with Crippen LogP contribution in [-0.4, -0.2) is 36.4 Å². The highest BCUT2D eigenvalue weighted by atomic mass is 16.6. The van der Waals surface area contributed by atoms with Gasteiger partial charge in [-0.25, -0.2) is 0 Å². The fraction of sp³-hybridized carbons (Fsp3) is 0.875. The highest BCUT2D eigenvalue weighted by Crippen LogP contribution is 2.18. The first-order valence-corrected chi connectivity index (χ1v) is 31.0. The minimum absolute atomic E-state index is 0.0673. The molecule has 0 aliphatic rings. The summed E-state index contributed by atoms with van der Waals surface area (Å²) in [6.07, 6.45) is 78.8. The number of esters is 2. The quantitative estimate of drug-likeness (QED) is 0.0373. The molecule has 0 saturated heterocycles. The smallest absolute Gasteiger partial charge is 0.306 e. The number of aliphatic hydroxyl groups excluding tert-OH is 1. The van der Waals surface area contributed by atoms with Gasteiger partial charge in [-0.2, -0.15) is 0 Å².